The molecule has 1 saturated heterocycles. The minimum atomic E-state index is -1.05. The number of nitrogens with zero attached hydrogens (tertiary/aromatic N) is 2. The van der Waals surface area contributed by atoms with E-state index in [1.165, 1.54) is 11.3 Å². The lowest BCUT2D eigenvalue weighted by atomic mass is 9.79. The number of rotatable bonds is 11. The molecule has 0 amide bonds. The molecule has 1 fully saturated rings. The van der Waals surface area contributed by atoms with Gasteiger partial charge in [0.25, 0.3) is 0 Å². The van der Waals surface area contributed by atoms with Crippen LogP contribution in [0.4, 0.5) is 4.39 Å². The molecule has 3 atom stereocenters. The molecule has 6 nitrogen and oxygen atoms in total. The fourth-order valence-corrected chi connectivity index (χ4v) is 6.82. The molecule has 0 bridgehead atoms. The second-order valence-corrected chi connectivity index (χ2v) is 11.3. The summed E-state index contributed by atoms with van der Waals surface area (Å²) in [5.74, 6) is 0.00856. The molecular weight excluding hydrogens is 487 g/mol. The number of methoxy groups -OCH3 is 1. The van der Waals surface area contributed by atoms with Gasteiger partial charge in [0.2, 0.25) is 0 Å². The number of carbonyl (C=O) groups is 1. The maximum Gasteiger partial charge on any atom is 0.147 e. The predicted octanol–water partition coefficient (Wildman–Crippen LogP) is 4.13. The number of piperidine rings is 1. The first-order valence-corrected chi connectivity index (χ1v) is 13.7. The highest BCUT2D eigenvalue weighted by Crippen LogP contribution is 2.36. The number of likely N-dealkylation sites (tertiary alicyclic amines) is 1. The first-order chi connectivity index (χ1) is 16.9. The van der Waals surface area contributed by atoms with Crippen LogP contribution in [0.1, 0.15) is 37.4 Å². The third kappa shape index (κ3) is 6.73. The Morgan fingerprint density at radius 3 is 3.00 bits per heavy atom. The molecule has 2 aromatic heterocycles. The van der Waals surface area contributed by atoms with E-state index in [1.807, 2.05) is 17.8 Å². The van der Waals surface area contributed by atoms with E-state index in [9.17, 15) is 19.4 Å². The number of carboxylic acid groups (broad SMARTS) is 1. The second-order valence-electron chi connectivity index (χ2n) is 8.96. The normalized spacial score (nSPS) is 19.6. The van der Waals surface area contributed by atoms with Gasteiger partial charge in [-0.05, 0) is 73.7 Å². The summed E-state index contributed by atoms with van der Waals surface area (Å²) in [6, 6.07) is 9.33. The highest BCUT2D eigenvalue weighted by molar-refractivity contribution is 8.01. The zero-order chi connectivity index (χ0) is 24.8. The van der Waals surface area contributed by atoms with Crippen molar-refractivity contribution in [2.75, 3.05) is 32.5 Å². The Balaban J connectivity index is 1.39. The fraction of sp³-hybridized carbons (Fsp3) is 0.462. The van der Waals surface area contributed by atoms with Crippen molar-refractivity contribution >= 4 is 40.0 Å². The van der Waals surface area contributed by atoms with Gasteiger partial charge in [0, 0.05) is 35.8 Å². The first kappa shape index (κ1) is 25.9. The SMILES string of the molecule is COc1ccc2ncc(F)c(C(O)CCC3CCN(CCSc4cccs4)CC3CC(=O)[O-])c2c1. The monoisotopic (exact) mass is 517 g/mol. The molecule has 4 rings (SSSR count). The molecule has 9 heteroatoms. The van der Waals surface area contributed by atoms with Crippen molar-refractivity contribution in [2.45, 2.75) is 36.0 Å². The topological polar surface area (TPSA) is 85.7 Å². The maximum absolute atomic E-state index is 14.7. The molecule has 188 valence electrons. The van der Waals surface area contributed by atoms with Gasteiger partial charge < -0.3 is 24.6 Å². The summed E-state index contributed by atoms with van der Waals surface area (Å²) >= 11 is 3.55. The number of carbonyl (C=O) groups excluding carboxylic acids is 1. The number of halogens is 1. The highest BCUT2D eigenvalue weighted by atomic mass is 32.2. The average Bonchev–Trinajstić information content (AvgIpc) is 3.36. The number of thiophene rings is 1. The number of aliphatic hydroxyl groups is 1. The molecular formula is C26H30FN2O4S2-. The predicted molar refractivity (Wildman–Crippen MR) is 135 cm³/mol. The van der Waals surface area contributed by atoms with Crippen LogP contribution >= 0.6 is 23.1 Å². The summed E-state index contributed by atoms with van der Waals surface area (Å²) in [5, 5.41) is 25.0. The Kier molecular flexibility index (Phi) is 8.99. The van der Waals surface area contributed by atoms with Crippen molar-refractivity contribution in [3.63, 3.8) is 0 Å². The van der Waals surface area contributed by atoms with Crippen molar-refractivity contribution in [1.29, 1.82) is 0 Å². The van der Waals surface area contributed by atoms with E-state index < -0.39 is 17.9 Å². The first-order valence-electron chi connectivity index (χ1n) is 11.8. The van der Waals surface area contributed by atoms with Crippen molar-refractivity contribution < 1.29 is 24.1 Å². The Hall–Kier alpha value is -2.20. The van der Waals surface area contributed by atoms with E-state index in [0.717, 1.165) is 31.5 Å². The van der Waals surface area contributed by atoms with E-state index in [2.05, 4.69) is 21.3 Å². The van der Waals surface area contributed by atoms with Crippen LogP contribution in [-0.4, -0.2) is 53.5 Å². The van der Waals surface area contributed by atoms with Gasteiger partial charge in [-0.3, -0.25) is 4.98 Å². The highest BCUT2D eigenvalue weighted by Gasteiger charge is 2.30. The lowest BCUT2D eigenvalue weighted by molar-refractivity contribution is -0.307. The van der Waals surface area contributed by atoms with Gasteiger partial charge in [0.15, 0.2) is 0 Å². The van der Waals surface area contributed by atoms with Crippen molar-refractivity contribution in [2.24, 2.45) is 11.8 Å². The summed E-state index contributed by atoms with van der Waals surface area (Å²) in [5.41, 5.74) is 0.804. The van der Waals surface area contributed by atoms with Gasteiger partial charge in [-0.2, -0.15) is 0 Å². The molecule has 35 heavy (non-hydrogen) atoms. The quantitative estimate of drug-likeness (QED) is 0.383. The molecule has 0 aliphatic carbocycles. The Morgan fingerprint density at radius 2 is 2.26 bits per heavy atom. The smallest absolute Gasteiger partial charge is 0.147 e. The number of hydrogen-bond donors (Lipinski definition) is 1. The number of aliphatic hydroxyl groups excluding tert-OH is 1. The summed E-state index contributed by atoms with van der Waals surface area (Å²) in [4.78, 5) is 17.9. The number of fused-ring (bicyclic) bond motifs is 1. The number of aromatic nitrogens is 1. The van der Waals surface area contributed by atoms with Gasteiger partial charge >= 0.3 is 0 Å². The summed E-state index contributed by atoms with van der Waals surface area (Å²) in [6.45, 7) is 2.49. The molecule has 3 aromatic rings. The molecule has 1 aromatic carbocycles. The second kappa shape index (κ2) is 12.2. The van der Waals surface area contributed by atoms with Crippen LogP contribution in [0.2, 0.25) is 0 Å². The number of ether oxygens (including phenoxy) is 1. The summed E-state index contributed by atoms with van der Waals surface area (Å²) in [7, 11) is 1.54. The lowest BCUT2D eigenvalue weighted by Crippen LogP contribution is -2.43. The van der Waals surface area contributed by atoms with Crippen LogP contribution in [-0.2, 0) is 4.79 Å². The summed E-state index contributed by atoms with van der Waals surface area (Å²) < 4.78 is 21.3. The van der Waals surface area contributed by atoms with Gasteiger partial charge in [-0.25, -0.2) is 4.39 Å². The maximum atomic E-state index is 14.7. The van der Waals surface area contributed by atoms with E-state index in [1.54, 1.807) is 29.5 Å². The average molecular weight is 518 g/mol. The zero-order valence-corrected chi connectivity index (χ0v) is 21.3. The molecule has 1 aliphatic rings. The number of benzene rings is 1. The molecule has 0 spiro atoms. The van der Waals surface area contributed by atoms with Gasteiger partial charge in [-0.1, -0.05) is 6.07 Å². The Bertz CT molecular complexity index is 1130. The molecule has 0 radical (unpaired) electrons. The number of pyridine rings is 1. The third-order valence-electron chi connectivity index (χ3n) is 6.76. The van der Waals surface area contributed by atoms with Crippen LogP contribution in [0, 0.1) is 17.7 Å². The lowest BCUT2D eigenvalue weighted by Gasteiger charge is -2.39. The van der Waals surface area contributed by atoms with E-state index in [4.69, 9.17) is 4.74 Å². The molecule has 0 saturated carbocycles. The third-order valence-corrected chi connectivity index (χ3v) is 8.87. The Morgan fingerprint density at radius 1 is 1.40 bits per heavy atom. The zero-order valence-electron chi connectivity index (χ0n) is 19.7. The van der Waals surface area contributed by atoms with Gasteiger partial charge in [0.1, 0.15) is 11.6 Å². The largest absolute Gasteiger partial charge is 0.550 e. The van der Waals surface area contributed by atoms with Crippen molar-refractivity contribution in [1.82, 2.24) is 9.88 Å². The van der Waals surface area contributed by atoms with Crippen molar-refractivity contribution in [3.8, 4) is 5.75 Å². The van der Waals surface area contributed by atoms with Crippen LogP contribution in [0.3, 0.4) is 0 Å². The minimum absolute atomic E-state index is 0.000916. The molecule has 1 aliphatic heterocycles. The number of carboxylic acids is 1. The molecule has 3 heterocycles. The summed E-state index contributed by atoms with van der Waals surface area (Å²) in [6.07, 6.45) is 1.93. The van der Waals surface area contributed by atoms with Gasteiger partial charge in [0.05, 0.1) is 29.1 Å². The molecule has 3 unspecified atom stereocenters. The number of aliphatic carboxylic acids is 1. The fourth-order valence-electron chi connectivity index (χ4n) is 4.96. The van der Waals surface area contributed by atoms with Crippen molar-refractivity contribution in [3.05, 3.63) is 53.3 Å². The van der Waals surface area contributed by atoms with E-state index >= 15 is 0 Å². The number of thioether (sulfide) groups is 1. The Labute approximate surface area is 213 Å². The number of hydrogen-bond acceptors (Lipinski definition) is 8. The van der Waals surface area contributed by atoms with Gasteiger partial charge in [-0.15, -0.1) is 23.1 Å². The van der Waals surface area contributed by atoms with Crippen LogP contribution in [0.15, 0.2) is 46.1 Å². The van der Waals surface area contributed by atoms with Crippen LogP contribution in [0.25, 0.3) is 10.9 Å². The van der Waals surface area contributed by atoms with E-state index in [-0.39, 0.29) is 23.8 Å². The van der Waals surface area contributed by atoms with Crippen LogP contribution in [0.5, 0.6) is 5.75 Å². The minimum Gasteiger partial charge on any atom is -0.550 e. The standard InChI is InChI=1S/C26H31FN2O4S2/c1-33-19-5-6-22-20(14-19)26(21(27)15-28-22)23(30)7-4-17-8-9-29(16-18(17)13-24(31)32)10-12-35-25-3-2-11-34-25/h2-3,5-6,11,14-15,17-18,23,30H,4,7-10,12-13,16H2,1H3,(H,31,32)/p-1. The molecule has 1 N–H and O–H groups in total. The van der Waals surface area contributed by atoms with Crippen LogP contribution < -0.4 is 9.84 Å². The van der Waals surface area contributed by atoms with E-state index in [0.29, 0.717) is 36.0 Å².